The highest BCUT2D eigenvalue weighted by Crippen LogP contribution is 2.30. The van der Waals surface area contributed by atoms with Gasteiger partial charge in [-0.3, -0.25) is 14.3 Å². The standard InChI is InChI=1S/C36H40FN3O4/c1-24(43-23-27-4-5-27)3-16-35(41)32-14-15-34-33(25(32)2)22-40(38-34)21-26-17-19-39(20-18-26)36(42)28-6-10-30(11-7-28)44-31-12-8-29(37)9-13-31/h6-15,22,24,26-27H,3-5,16-21,23H2,1-2H3. The van der Waals surface area contributed by atoms with Gasteiger partial charge in [0.2, 0.25) is 0 Å². The molecule has 3 aromatic carbocycles. The minimum Gasteiger partial charge on any atom is -0.457 e. The summed E-state index contributed by atoms with van der Waals surface area (Å²) in [5.74, 6) is 2.13. The zero-order valence-corrected chi connectivity index (χ0v) is 25.5. The first-order chi connectivity index (χ1) is 21.3. The quantitative estimate of drug-likeness (QED) is 0.157. The Hall–Kier alpha value is -4.04. The number of ether oxygens (including phenoxy) is 2. The van der Waals surface area contributed by atoms with Gasteiger partial charge in [-0.1, -0.05) is 0 Å². The highest BCUT2D eigenvalue weighted by Gasteiger charge is 2.25. The Kier molecular flexibility index (Phi) is 9.07. The van der Waals surface area contributed by atoms with Crippen LogP contribution in [-0.2, 0) is 11.3 Å². The van der Waals surface area contributed by atoms with Crippen molar-refractivity contribution < 1.29 is 23.5 Å². The van der Waals surface area contributed by atoms with Gasteiger partial charge in [0.1, 0.15) is 17.3 Å². The lowest BCUT2D eigenvalue weighted by Gasteiger charge is -2.32. The molecular formula is C36H40FN3O4. The number of fused-ring (bicyclic) bond motifs is 1. The van der Waals surface area contributed by atoms with Crippen molar-refractivity contribution in [3.63, 3.8) is 0 Å². The summed E-state index contributed by atoms with van der Waals surface area (Å²) in [6.45, 7) is 7.06. The van der Waals surface area contributed by atoms with Crippen LogP contribution in [0.15, 0.2) is 66.9 Å². The minimum atomic E-state index is -0.317. The summed E-state index contributed by atoms with van der Waals surface area (Å²) in [7, 11) is 0. The normalized spacial score (nSPS) is 16.3. The Bertz CT molecular complexity index is 1600. The largest absolute Gasteiger partial charge is 0.457 e. The van der Waals surface area contributed by atoms with Crippen LogP contribution in [0, 0.1) is 24.6 Å². The SMILES string of the molecule is Cc1c(C(=O)CCC(C)OCC2CC2)ccc2nn(CC3CCN(C(=O)c4ccc(Oc5ccc(F)cc5)cc4)CC3)cc12. The molecular weight excluding hydrogens is 557 g/mol. The summed E-state index contributed by atoms with van der Waals surface area (Å²) in [5.41, 5.74) is 3.28. The number of ketones is 1. The van der Waals surface area contributed by atoms with Crippen LogP contribution in [0.2, 0.25) is 0 Å². The maximum Gasteiger partial charge on any atom is 0.253 e. The number of halogens is 1. The first kappa shape index (κ1) is 30.0. The molecule has 1 amide bonds. The molecule has 0 bridgehead atoms. The highest BCUT2D eigenvalue weighted by atomic mass is 19.1. The Morgan fingerprint density at radius 1 is 0.932 bits per heavy atom. The van der Waals surface area contributed by atoms with Gasteiger partial charge in [-0.25, -0.2) is 4.39 Å². The van der Waals surface area contributed by atoms with Crippen LogP contribution in [-0.4, -0.2) is 52.2 Å². The van der Waals surface area contributed by atoms with Crippen LogP contribution in [0.25, 0.3) is 10.9 Å². The molecule has 4 aromatic rings. The number of piperidine rings is 1. The second kappa shape index (κ2) is 13.3. The third-order valence-electron chi connectivity index (χ3n) is 8.90. The Morgan fingerprint density at radius 2 is 1.61 bits per heavy atom. The number of aryl methyl sites for hydroxylation is 1. The van der Waals surface area contributed by atoms with E-state index in [4.69, 9.17) is 14.6 Å². The fourth-order valence-corrected chi connectivity index (χ4v) is 5.88. The van der Waals surface area contributed by atoms with E-state index >= 15 is 0 Å². The Labute approximate surface area is 258 Å². The number of hydrogen-bond acceptors (Lipinski definition) is 5. The number of rotatable bonds is 12. The molecule has 0 N–H and O–H groups in total. The summed E-state index contributed by atoms with van der Waals surface area (Å²) in [5, 5.41) is 5.83. The second-order valence-electron chi connectivity index (χ2n) is 12.4. The molecule has 1 aliphatic heterocycles. The third kappa shape index (κ3) is 7.36. The number of benzene rings is 3. The van der Waals surface area contributed by atoms with Crippen molar-refractivity contribution in [3.8, 4) is 11.5 Å². The Balaban J connectivity index is 0.996. The molecule has 230 valence electrons. The zero-order valence-electron chi connectivity index (χ0n) is 25.5. The van der Waals surface area contributed by atoms with Crippen LogP contribution in [0.3, 0.4) is 0 Å². The molecule has 0 spiro atoms. The maximum atomic E-state index is 13.2. The van der Waals surface area contributed by atoms with Crippen LogP contribution in [0.5, 0.6) is 11.5 Å². The number of likely N-dealkylation sites (tertiary alicyclic amines) is 1. The average Bonchev–Trinajstić information content (AvgIpc) is 3.78. The average molecular weight is 598 g/mol. The van der Waals surface area contributed by atoms with Gasteiger partial charge < -0.3 is 14.4 Å². The van der Waals surface area contributed by atoms with E-state index in [0.717, 1.165) is 60.4 Å². The van der Waals surface area contributed by atoms with Crippen LogP contribution < -0.4 is 4.74 Å². The fraction of sp³-hybridized carbons (Fsp3) is 0.417. The van der Waals surface area contributed by atoms with Crippen molar-refractivity contribution in [1.82, 2.24) is 14.7 Å². The summed E-state index contributed by atoms with van der Waals surface area (Å²) in [6.07, 6.45) is 7.72. The molecule has 1 aliphatic carbocycles. The lowest BCUT2D eigenvalue weighted by molar-refractivity contribution is 0.0500. The molecule has 1 saturated heterocycles. The summed E-state index contributed by atoms with van der Waals surface area (Å²) in [4.78, 5) is 28.1. The van der Waals surface area contributed by atoms with E-state index in [0.29, 0.717) is 42.5 Å². The number of Topliss-reactive ketones (excluding diaryl/α,β-unsaturated/α-hetero) is 1. The van der Waals surface area contributed by atoms with Crippen molar-refractivity contribution in [2.24, 2.45) is 11.8 Å². The molecule has 1 unspecified atom stereocenters. The van der Waals surface area contributed by atoms with E-state index in [9.17, 15) is 14.0 Å². The lowest BCUT2D eigenvalue weighted by Crippen LogP contribution is -2.39. The minimum absolute atomic E-state index is 0.0123. The zero-order chi connectivity index (χ0) is 30.6. The molecule has 8 heteroatoms. The van der Waals surface area contributed by atoms with Gasteiger partial charge in [0.15, 0.2) is 5.78 Å². The number of amides is 1. The highest BCUT2D eigenvalue weighted by molar-refractivity contribution is 6.01. The summed E-state index contributed by atoms with van der Waals surface area (Å²) < 4.78 is 26.8. The molecule has 7 nitrogen and oxygen atoms in total. The van der Waals surface area contributed by atoms with Crippen molar-refractivity contribution in [3.05, 3.63) is 89.4 Å². The predicted octanol–water partition coefficient (Wildman–Crippen LogP) is 7.61. The van der Waals surface area contributed by atoms with E-state index in [-0.39, 0.29) is 23.6 Å². The first-order valence-corrected chi connectivity index (χ1v) is 15.8. The van der Waals surface area contributed by atoms with Gasteiger partial charge in [0, 0.05) is 55.4 Å². The monoisotopic (exact) mass is 597 g/mol. The fourth-order valence-electron chi connectivity index (χ4n) is 5.88. The topological polar surface area (TPSA) is 73.7 Å². The number of carbonyl (C=O) groups excluding carboxylic acids is 2. The van der Waals surface area contributed by atoms with Gasteiger partial charge in [-0.2, -0.15) is 5.10 Å². The number of aromatic nitrogens is 2. The van der Waals surface area contributed by atoms with Crippen LogP contribution >= 0.6 is 0 Å². The Morgan fingerprint density at radius 3 is 2.30 bits per heavy atom. The lowest BCUT2D eigenvalue weighted by atomic mass is 9.96. The van der Waals surface area contributed by atoms with Gasteiger partial charge in [0.25, 0.3) is 5.91 Å². The second-order valence-corrected chi connectivity index (χ2v) is 12.4. The predicted molar refractivity (Wildman–Crippen MR) is 168 cm³/mol. The molecule has 1 saturated carbocycles. The molecule has 44 heavy (non-hydrogen) atoms. The van der Waals surface area contributed by atoms with E-state index in [1.165, 1.54) is 25.0 Å². The van der Waals surface area contributed by atoms with Crippen molar-refractivity contribution in [2.45, 2.75) is 65.0 Å². The van der Waals surface area contributed by atoms with Crippen molar-refractivity contribution in [1.29, 1.82) is 0 Å². The number of nitrogens with zero attached hydrogens (tertiary/aromatic N) is 3. The van der Waals surface area contributed by atoms with Crippen molar-refractivity contribution in [2.75, 3.05) is 19.7 Å². The van der Waals surface area contributed by atoms with E-state index in [1.807, 2.05) is 28.6 Å². The van der Waals surface area contributed by atoms with Gasteiger partial charge >= 0.3 is 0 Å². The van der Waals surface area contributed by atoms with E-state index in [1.54, 1.807) is 36.4 Å². The van der Waals surface area contributed by atoms with Crippen LogP contribution in [0.4, 0.5) is 4.39 Å². The summed E-state index contributed by atoms with van der Waals surface area (Å²) in [6, 6.07) is 16.8. The number of carbonyl (C=O) groups is 2. The van der Waals surface area contributed by atoms with E-state index in [2.05, 4.69) is 13.1 Å². The van der Waals surface area contributed by atoms with Crippen molar-refractivity contribution >= 4 is 22.6 Å². The molecule has 1 atom stereocenters. The molecule has 2 heterocycles. The van der Waals surface area contributed by atoms with Gasteiger partial charge in [-0.05, 0) is 124 Å². The molecule has 2 fully saturated rings. The van der Waals surface area contributed by atoms with Gasteiger partial charge in [0.05, 0.1) is 11.6 Å². The van der Waals surface area contributed by atoms with E-state index < -0.39 is 0 Å². The molecule has 6 rings (SSSR count). The van der Waals surface area contributed by atoms with Gasteiger partial charge in [-0.15, -0.1) is 0 Å². The maximum absolute atomic E-state index is 13.2. The molecule has 1 aromatic heterocycles. The molecule has 0 radical (unpaired) electrons. The number of hydrogen-bond donors (Lipinski definition) is 0. The third-order valence-corrected chi connectivity index (χ3v) is 8.90. The van der Waals surface area contributed by atoms with Crippen LogP contribution in [0.1, 0.15) is 71.7 Å². The molecule has 2 aliphatic rings. The first-order valence-electron chi connectivity index (χ1n) is 15.8. The smallest absolute Gasteiger partial charge is 0.253 e. The summed E-state index contributed by atoms with van der Waals surface area (Å²) >= 11 is 0.